The van der Waals surface area contributed by atoms with Crippen molar-refractivity contribution in [3.8, 4) is 0 Å². The van der Waals surface area contributed by atoms with Gasteiger partial charge in [0.1, 0.15) is 5.82 Å². The Kier molecular flexibility index (Phi) is 4.46. The molecule has 2 amide bonds. The predicted molar refractivity (Wildman–Crippen MR) is 114 cm³/mol. The van der Waals surface area contributed by atoms with Crippen LogP contribution in [0.25, 0.3) is 21.9 Å². The molecule has 0 aliphatic carbocycles. The van der Waals surface area contributed by atoms with Gasteiger partial charge in [0.15, 0.2) is 5.82 Å². The maximum atomic E-state index is 12.7. The highest BCUT2D eigenvalue weighted by molar-refractivity contribution is 6.05. The minimum Gasteiger partial charge on any atom is -0.354 e. The van der Waals surface area contributed by atoms with E-state index >= 15 is 0 Å². The number of nitrogens with one attached hydrogen (secondary N) is 2. The molecule has 1 unspecified atom stereocenters. The number of amides is 2. The summed E-state index contributed by atoms with van der Waals surface area (Å²) in [6.07, 6.45) is 0.194. The lowest BCUT2D eigenvalue weighted by atomic mass is 10.1. The standard InChI is InChI=1S/C22H22N6O2/c1-14-24-18-8-4-5-9-19(18)27(14)11-10-23-22(30)15-12-20(29)28(13-15)21-16-6-2-3-7-17(16)25-26-21/h2-9,15H,10-13H2,1H3,(H,23,30)(H,25,26). The molecule has 3 heterocycles. The molecule has 30 heavy (non-hydrogen) atoms. The Hall–Kier alpha value is -3.68. The van der Waals surface area contributed by atoms with Crippen molar-refractivity contribution in [3.05, 3.63) is 54.4 Å². The van der Waals surface area contributed by atoms with E-state index in [0.717, 1.165) is 27.8 Å². The van der Waals surface area contributed by atoms with Gasteiger partial charge in [-0.1, -0.05) is 24.3 Å². The van der Waals surface area contributed by atoms with Gasteiger partial charge in [-0.05, 0) is 31.2 Å². The van der Waals surface area contributed by atoms with Crippen LogP contribution in [0.1, 0.15) is 12.2 Å². The average Bonchev–Trinajstić information content (AvgIpc) is 3.43. The van der Waals surface area contributed by atoms with Crippen LogP contribution in [0.5, 0.6) is 0 Å². The van der Waals surface area contributed by atoms with Gasteiger partial charge in [-0.2, -0.15) is 5.10 Å². The quantitative estimate of drug-likeness (QED) is 0.536. The first-order valence-electron chi connectivity index (χ1n) is 10.0. The second kappa shape index (κ2) is 7.29. The minimum atomic E-state index is -0.381. The molecule has 2 N–H and O–H groups in total. The van der Waals surface area contributed by atoms with Gasteiger partial charge < -0.3 is 9.88 Å². The van der Waals surface area contributed by atoms with E-state index in [0.29, 0.717) is 25.5 Å². The minimum absolute atomic E-state index is 0.0798. The number of aromatic nitrogens is 4. The van der Waals surface area contributed by atoms with Crippen LogP contribution in [-0.4, -0.2) is 44.7 Å². The number of imidazole rings is 1. The summed E-state index contributed by atoms with van der Waals surface area (Å²) in [6.45, 7) is 3.42. The molecule has 8 nitrogen and oxygen atoms in total. The van der Waals surface area contributed by atoms with Gasteiger partial charge in [-0.3, -0.25) is 19.6 Å². The molecular weight excluding hydrogens is 380 g/mol. The molecule has 0 radical (unpaired) electrons. The number of rotatable bonds is 5. The summed E-state index contributed by atoms with van der Waals surface area (Å²) in [6, 6.07) is 15.6. The Morgan fingerprint density at radius 1 is 1.20 bits per heavy atom. The fourth-order valence-corrected chi connectivity index (χ4v) is 4.16. The number of benzene rings is 2. The number of aromatic amines is 1. The van der Waals surface area contributed by atoms with Crippen LogP contribution in [-0.2, 0) is 16.1 Å². The highest BCUT2D eigenvalue weighted by atomic mass is 16.2. The third-order valence-electron chi connectivity index (χ3n) is 5.68. The van der Waals surface area contributed by atoms with Crippen LogP contribution < -0.4 is 10.2 Å². The molecule has 0 saturated carbocycles. The molecule has 5 rings (SSSR count). The summed E-state index contributed by atoms with van der Waals surface area (Å²) in [5.41, 5.74) is 2.87. The maximum absolute atomic E-state index is 12.7. The molecule has 0 spiro atoms. The van der Waals surface area contributed by atoms with Crippen molar-refractivity contribution in [1.29, 1.82) is 0 Å². The normalized spacial score (nSPS) is 16.6. The number of nitrogens with zero attached hydrogens (tertiary/aromatic N) is 4. The summed E-state index contributed by atoms with van der Waals surface area (Å²) in [7, 11) is 0. The molecule has 2 aromatic heterocycles. The van der Waals surface area contributed by atoms with Gasteiger partial charge in [0.05, 0.1) is 22.5 Å². The van der Waals surface area contributed by atoms with E-state index in [4.69, 9.17) is 0 Å². The molecule has 1 saturated heterocycles. The fraction of sp³-hybridized carbons (Fsp3) is 0.273. The van der Waals surface area contributed by atoms with Gasteiger partial charge in [0.2, 0.25) is 11.8 Å². The number of hydrogen-bond donors (Lipinski definition) is 2. The van der Waals surface area contributed by atoms with Crippen LogP contribution >= 0.6 is 0 Å². The molecule has 2 aromatic carbocycles. The van der Waals surface area contributed by atoms with E-state index in [9.17, 15) is 9.59 Å². The van der Waals surface area contributed by atoms with Crippen molar-refractivity contribution in [2.45, 2.75) is 19.9 Å². The second-order valence-corrected chi connectivity index (χ2v) is 7.59. The van der Waals surface area contributed by atoms with E-state index in [1.165, 1.54) is 0 Å². The first-order valence-corrected chi connectivity index (χ1v) is 10.0. The molecule has 4 aromatic rings. The number of carbonyl (C=O) groups excluding carboxylic acids is 2. The van der Waals surface area contributed by atoms with Crippen LogP contribution in [0.15, 0.2) is 48.5 Å². The third kappa shape index (κ3) is 3.10. The Morgan fingerprint density at radius 3 is 2.90 bits per heavy atom. The second-order valence-electron chi connectivity index (χ2n) is 7.59. The number of anilines is 1. The molecule has 1 aliphatic heterocycles. The Morgan fingerprint density at radius 2 is 2.00 bits per heavy atom. The smallest absolute Gasteiger partial charge is 0.229 e. The third-order valence-corrected chi connectivity index (χ3v) is 5.68. The number of H-pyrrole nitrogens is 1. The summed E-state index contributed by atoms with van der Waals surface area (Å²) in [5, 5.41) is 11.1. The highest BCUT2D eigenvalue weighted by Gasteiger charge is 2.36. The van der Waals surface area contributed by atoms with Gasteiger partial charge in [0.25, 0.3) is 0 Å². The summed E-state index contributed by atoms with van der Waals surface area (Å²) >= 11 is 0. The highest BCUT2D eigenvalue weighted by Crippen LogP contribution is 2.29. The Labute approximate surface area is 172 Å². The maximum Gasteiger partial charge on any atom is 0.229 e. The summed E-state index contributed by atoms with van der Waals surface area (Å²) in [5.74, 6) is 0.940. The van der Waals surface area contributed by atoms with E-state index in [-0.39, 0.29) is 24.2 Å². The lowest BCUT2D eigenvalue weighted by Crippen LogP contribution is -2.35. The van der Waals surface area contributed by atoms with Gasteiger partial charge in [-0.25, -0.2) is 4.98 Å². The zero-order chi connectivity index (χ0) is 20.7. The predicted octanol–water partition coefficient (Wildman–Crippen LogP) is 2.39. The number of aryl methyl sites for hydroxylation is 1. The van der Waals surface area contributed by atoms with Crippen molar-refractivity contribution in [2.75, 3.05) is 18.0 Å². The molecule has 0 bridgehead atoms. The van der Waals surface area contributed by atoms with Gasteiger partial charge >= 0.3 is 0 Å². The number of para-hydroxylation sites is 3. The van der Waals surface area contributed by atoms with Crippen molar-refractivity contribution in [3.63, 3.8) is 0 Å². The van der Waals surface area contributed by atoms with Crippen LogP contribution in [0, 0.1) is 12.8 Å². The fourth-order valence-electron chi connectivity index (χ4n) is 4.16. The first-order chi connectivity index (χ1) is 14.6. The molecule has 8 heteroatoms. The van der Waals surface area contributed by atoms with Gasteiger partial charge in [-0.15, -0.1) is 0 Å². The molecule has 1 atom stereocenters. The van der Waals surface area contributed by atoms with Crippen LogP contribution in [0.3, 0.4) is 0 Å². The number of fused-ring (bicyclic) bond motifs is 2. The van der Waals surface area contributed by atoms with Crippen molar-refractivity contribution < 1.29 is 9.59 Å². The molecule has 1 aliphatic rings. The summed E-state index contributed by atoms with van der Waals surface area (Å²) < 4.78 is 2.09. The van der Waals surface area contributed by atoms with Crippen molar-refractivity contribution in [1.82, 2.24) is 25.1 Å². The molecule has 152 valence electrons. The largest absolute Gasteiger partial charge is 0.354 e. The number of hydrogen-bond acceptors (Lipinski definition) is 4. The first kappa shape index (κ1) is 18.4. The summed E-state index contributed by atoms with van der Waals surface area (Å²) in [4.78, 5) is 31.4. The van der Waals surface area contributed by atoms with E-state index in [1.807, 2.05) is 55.5 Å². The van der Waals surface area contributed by atoms with Gasteiger partial charge in [0, 0.05) is 31.4 Å². The lowest BCUT2D eigenvalue weighted by Gasteiger charge is -2.14. The average molecular weight is 402 g/mol. The van der Waals surface area contributed by atoms with Crippen LogP contribution in [0.4, 0.5) is 5.82 Å². The Balaban J connectivity index is 1.24. The SMILES string of the molecule is Cc1nc2ccccc2n1CCNC(=O)C1CC(=O)N(c2n[nH]c3ccccc23)C1. The van der Waals surface area contributed by atoms with E-state index in [1.54, 1.807) is 4.90 Å². The topological polar surface area (TPSA) is 95.9 Å². The number of carbonyl (C=O) groups is 2. The zero-order valence-corrected chi connectivity index (χ0v) is 16.6. The van der Waals surface area contributed by atoms with E-state index < -0.39 is 0 Å². The Bertz CT molecular complexity index is 1260. The monoisotopic (exact) mass is 402 g/mol. The van der Waals surface area contributed by atoms with Crippen molar-refractivity contribution >= 4 is 39.6 Å². The van der Waals surface area contributed by atoms with Crippen molar-refractivity contribution in [2.24, 2.45) is 5.92 Å². The lowest BCUT2D eigenvalue weighted by molar-refractivity contribution is -0.126. The molecule has 1 fully saturated rings. The zero-order valence-electron chi connectivity index (χ0n) is 16.6. The van der Waals surface area contributed by atoms with E-state index in [2.05, 4.69) is 25.1 Å². The molecular formula is C22H22N6O2. The van der Waals surface area contributed by atoms with Crippen LogP contribution in [0.2, 0.25) is 0 Å².